The summed E-state index contributed by atoms with van der Waals surface area (Å²) in [5.74, 6) is -0.897. The molecule has 2 atom stereocenters. The minimum Gasteiger partial charge on any atom is -0.469 e. The Hall–Kier alpha value is -1.91. The van der Waals surface area contributed by atoms with Crippen molar-refractivity contribution in [3.63, 3.8) is 0 Å². The lowest BCUT2D eigenvalue weighted by molar-refractivity contribution is -0.522. The van der Waals surface area contributed by atoms with Gasteiger partial charge in [-0.3, -0.25) is 14.9 Å². The van der Waals surface area contributed by atoms with Gasteiger partial charge in [0.05, 0.1) is 19.4 Å². The Morgan fingerprint density at radius 2 is 2.00 bits per heavy atom. The maximum absolute atomic E-state index is 11.3. The van der Waals surface area contributed by atoms with Crippen molar-refractivity contribution < 1.29 is 14.5 Å². The second kappa shape index (κ2) is 5.98. The van der Waals surface area contributed by atoms with Crippen LogP contribution in [0.4, 0.5) is 0 Å². The number of esters is 1. The Labute approximate surface area is 99.5 Å². The van der Waals surface area contributed by atoms with E-state index >= 15 is 0 Å². The van der Waals surface area contributed by atoms with Gasteiger partial charge in [-0.05, 0) is 5.56 Å². The lowest BCUT2D eigenvalue weighted by atomic mass is 9.90. The van der Waals surface area contributed by atoms with Crippen molar-refractivity contribution in [2.75, 3.05) is 7.11 Å². The topological polar surface area (TPSA) is 69.4 Å². The molecule has 0 saturated carbocycles. The quantitative estimate of drug-likeness (QED) is 0.446. The highest BCUT2D eigenvalue weighted by Crippen LogP contribution is 2.25. The number of benzene rings is 1. The van der Waals surface area contributed by atoms with Crippen molar-refractivity contribution >= 4 is 5.97 Å². The van der Waals surface area contributed by atoms with Gasteiger partial charge in [-0.15, -0.1) is 0 Å². The normalized spacial score (nSPS) is 13.8. The summed E-state index contributed by atoms with van der Waals surface area (Å²) in [6, 6.07) is 8.17. The first kappa shape index (κ1) is 13.2. The van der Waals surface area contributed by atoms with E-state index in [1.807, 2.05) is 6.07 Å². The lowest BCUT2D eigenvalue weighted by Crippen LogP contribution is -2.26. The van der Waals surface area contributed by atoms with E-state index in [1.165, 1.54) is 14.0 Å². The third-order valence-electron chi connectivity index (χ3n) is 2.76. The van der Waals surface area contributed by atoms with Gasteiger partial charge in [-0.1, -0.05) is 30.3 Å². The molecule has 0 heterocycles. The number of carbonyl (C=O) groups excluding carboxylic acids is 1. The van der Waals surface area contributed by atoms with E-state index in [1.54, 1.807) is 24.3 Å². The summed E-state index contributed by atoms with van der Waals surface area (Å²) < 4.78 is 4.57. The summed E-state index contributed by atoms with van der Waals surface area (Å²) in [7, 11) is 1.28. The Morgan fingerprint density at radius 1 is 1.41 bits per heavy atom. The minimum atomic E-state index is -0.823. The number of methoxy groups -OCH3 is 1. The van der Waals surface area contributed by atoms with Crippen molar-refractivity contribution in [1.82, 2.24) is 0 Å². The third kappa shape index (κ3) is 3.55. The van der Waals surface area contributed by atoms with E-state index in [0.717, 1.165) is 5.56 Å². The molecule has 1 aromatic rings. The van der Waals surface area contributed by atoms with Gasteiger partial charge in [0.15, 0.2) is 0 Å². The van der Waals surface area contributed by atoms with Crippen molar-refractivity contribution in [3.8, 4) is 0 Å². The zero-order valence-electron chi connectivity index (χ0n) is 9.83. The molecule has 0 bridgehead atoms. The van der Waals surface area contributed by atoms with E-state index in [9.17, 15) is 14.9 Å². The molecule has 5 heteroatoms. The van der Waals surface area contributed by atoms with Crippen LogP contribution in [0.3, 0.4) is 0 Å². The molecule has 0 saturated heterocycles. The van der Waals surface area contributed by atoms with Crippen LogP contribution in [0.25, 0.3) is 0 Å². The minimum absolute atomic E-state index is 0.0165. The highest BCUT2D eigenvalue weighted by atomic mass is 16.6. The van der Waals surface area contributed by atoms with Crippen LogP contribution in [0.5, 0.6) is 0 Å². The van der Waals surface area contributed by atoms with E-state index < -0.39 is 17.9 Å². The van der Waals surface area contributed by atoms with Crippen LogP contribution in [-0.4, -0.2) is 24.0 Å². The molecular formula is C12H15NO4. The average molecular weight is 237 g/mol. The first-order valence-electron chi connectivity index (χ1n) is 5.31. The van der Waals surface area contributed by atoms with Gasteiger partial charge in [0.25, 0.3) is 0 Å². The standard InChI is InChI=1S/C12H15NO4/c1-9(13(15)16)11(8-12(14)17-2)10-6-4-3-5-7-10/h3-7,9,11H,8H2,1-2H3/t9?,11-/m1/s1. The van der Waals surface area contributed by atoms with Crippen LogP contribution in [0.2, 0.25) is 0 Å². The maximum Gasteiger partial charge on any atom is 0.306 e. The summed E-state index contributed by atoms with van der Waals surface area (Å²) in [5, 5.41) is 10.8. The van der Waals surface area contributed by atoms with Gasteiger partial charge in [0, 0.05) is 11.8 Å². The molecular weight excluding hydrogens is 222 g/mol. The summed E-state index contributed by atoms with van der Waals surface area (Å²) in [6.45, 7) is 1.50. The number of hydrogen-bond acceptors (Lipinski definition) is 4. The second-order valence-corrected chi connectivity index (χ2v) is 3.82. The van der Waals surface area contributed by atoms with Crippen molar-refractivity contribution in [3.05, 3.63) is 46.0 Å². The van der Waals surface area contributed by atoms with Crippen molar-refractivity contribution in [2.24, 2.45) is 0 Å². The average Bonchev–Trinajstić information content (AvgIpc) is 2.35. The lowest BCUT2D eigenvalue weighted by Gasteiger charge is -2.17. The molecule has 0 N–H and O–H groups in total. The number of nitrogens with zero attached hydrogens (tertiary/aromatic N) is 1. The summed E-state index contributed by atoms with van der Waals surface area (Å²) in [4.78, 5) is 21.7. The van der Waals surface area contributed by atoms with Crippen LogP contribution in [0.1, 0.15) is 24.8 Å². The maximum atomic E-state index is 11.3. The molecule has 0 aliphatic heterocycles. The largest absolute Gasteiger partial charge is 0.469 e. The summed E-state index contributed by atoms with van der Waals surface area (Å²) in [5.41, 5.74) is 0.780. The highest BCUT2D eigenvalue weighted by molar-refractivity contribution is 5.70. The van der Waals surface area contributed by atoms with Gasteiger partial charge < -0.3 is 4.74 Å². The number of rotatable bonds is 5. The van der Waals surface area contributed by atoms with Crippen LogP contribution < -0.4 is 0 Å². The number of nitro groups is 1. The van der Waals surface area contributed by atoms with E-state index in [2.05, 4.69) is 4.74 Å². The molecule has 0 aliphatic carbocycles. The Kier molecular flexibility index (Phi) is 4.63. The molecule has 0 aliphatic rings. The fraction of sp³-hybridized carbons (Fsp3) is 0.417. The molecule has 1 rings (SSSR count). The van der Waals surface area contributed by atoms with Crippen LogP contribution in [0, 0.1) is 10.1 Å². The molecule has 0 radical (unpaired) electrons. The molecule has 0 aromatic heterocycles. The molecule has 0 amide bonds. The first-order valence-corrected chi connectivity index (χ1v) is 5.31. The summed E-state index contributed by atoms with van der Waals surface area (Å²) in [6.07, 6.45) is 0.0165. The van der Waals surface area contributed by atoms with Gasteiger partial charge in [-0.2, -0.15) is 0 Å². The van der Waals surface area contributed by atoms with Gasteiger partial charge >= 0.3 is 5.97 Å². The van der Waals surface area contributed by atoms with E-state index in [4.69, 9.17) is 0 Å². The summed E-state index contributed by atoms with van der Waals surface area (Å²) >= 11 is 0. The Bertz CT molecular complexity index is 391. The molecule has 1 unspecified atom stereocenters. The predicted octanol–water partition coefficient (Wildman–Crippen LogP) is 2.00. The highest BCUT2D eigenvalue weighted by Gasteiger charge is 2.30. The van der Waals surface area contributed by atoms with Gasteiger partial charge in [0.1, 0.15) is 0 Å². The van der Waals surface area contributed by atoms with Crippen LogP contribution in [0.15, 0.2) is 30.3 Å². The van der Waals surface area contributed by atoms with Gasteiger partial charge in [-0.25, -0.2) is 0 Å². The molecule has 92 valence electrons. The van der Waals surface area contributed by atoms with Crippen LogP contribution >= 0.6 is 0 Å². The number of carbonyl (C=O) groups is 1. The number of hydrogen-bond donors (Lipinski definition) is 0. The molecule has 5 nitrogen and oxygen atoms in total. The third-order valence-corrected chi connectivity index (χ3v) is 2.76. The zero-order chi connectivity index (χ0) is 12.8. The monoisotopic (exact) mass is 237 g/mol. The van der Waals surface area contributed by atoms with Gasteiger partial charge in [0.2, 0.25) is 6.04 Å². The molecule has 17 heavy (non-hydrogen) atoms. The molecule has 0 spiro atoms. The smallest absolute Gasteiger partial charge is 0.306 e. The Balaban J connectivity index is 2.94. The Morgan fingerprint density at radius 3 is 2.47 bits per heavy atom. The zero-order valence-corrected chi connectivity index (χ0v) is 9.83. The predicted molar refractivity (Wildman–Crippen MR) is 62.3 cm³/mol. The second-order valence-electron chi connectivity index (χ2n) is 3.82. The van der Waals surface area contributed by atoms with Crippen molar-refractivity contribution in [2.45, 2.75) is 25.3 Å². The first-order chi connectivity index (χ1) is 8.06. The van der Waals surface area contributed by atoms with E-state index in [-0.39, 0.29) is 11.3 Å². The number of ether oxygens (including phenoxy) is 1. The fourth-order valence-electron chi connectivity index (χ4n) is 1.68. The van der Waals surface area contributed by atoms with E-state index in [0.29, 0.717) is 0 Å². The fourth-order valence-corrected chi connectivity index (χ4v) is 1.68. The SMILES string of the molecule is COC(=O)C[C@@H](c1ccccc1)C(C)[N+](=O)[O-]. The van der Waals surface area contributed by atoms with Crippen LogP contribution in [-0.2, 0) is 9.53 Å². The van der Waals surface area contributed by atoms with Crippen molar-refractivity contribution in [1.29, 1.82) is 0 Å². The molecule has 0 fully saturated rings. The molecule has 1 aromatic carbocycles.